The minimum atomic E-state index is -0.712. The van der Waals surface area contributed by atoms with Crippen LogP contribution in [-0.2, 0) is 14.4 Å². The molecule has 218 valence electrons. The van der Waals surface area contributed by atoms with E-state index in [-0.39, 0.29) is 57.1 Å². The Balaban J connectivity index is 2.04. The Bertz CT molecular complexity index is 1090. The van der Waals surface area contributed by atoms with E-state index >= 15 is 0 Å². The minimum absolute atomic E-state index is 0.0230. The Kier molecular flexibility index (Phi) is 8.21. The van der Waals surface area contributed by atoms with E-state index in [9.17, 15) is 24.8 Å². The summed E-state index contributed by atoms with van der Waals surface area (Å²) >= 11 is 0. The molecule has 1 N–H and O–H groups in total. The van der Waals surface area contributed by atoms with Gasteiger partial charge >= 0.3 is 5.97 Å². The first-order valence-electron chi connectivity index (χ1n) is 15.1. The molecule has 0 aromatic heterocycles. The van der Waals surface area contributed by atoms with Crippen LogP contribution in [-0.4, -0.2) is 22.6 Å². The first-order valence-corrected chi connectivity index (χ1v) is 15.1. The Labute approximate surface area is 237 Å². The van der Waals surface area contributed by atoms with E-state index in [4.69, 9.17) is 0 Å². The number of nitrogens with zero attached hydrogens (tertiary/aromatic N) is 1. The van der Waals surface area contributed by atoms with Crippen molar-refractivity contribution in [2.45, 2.75) is 127 Å². The molecule has 2 fully saturated rings. The van der Waals surface area contributed by atoms with E-state index in [0.29, 0.717) is 12.3 Å². The molecule has 2 saturated carbocycles. The lowest BCUT2D eigenvalue weighted by Crippen LogP contribution is -2.60. The zero-order valence-electron chi connectivity index (χ0n) is 26.3. The molecule has 39 heavy (non-hydrogen) atoms. The van der Waals surface area contributed by atoms with Crippen LogP contribution in [0.15, 0.2) is 11.6 Å². The van der Waals surface area contributed by atoms with E-state index in [0.717, 1.165) is 44.9 Å². The van der Waals surface area contributed by atoms with Crippen LogP contribution < -0.4 is 0 Å². The van der Waals surface area contributed by atoms with Crippen LogP contribution in [0, 0.1) is 61.6 Å². The zero-order chi connectivity index (χ0) is 29.8. The van der Waals surface area contributed by atoms with Crippen molar-refractivity contribution in [1.29, 1.82) is 5.26 Å². The predicted octanol–water partition coefficient (Wildman–Crippen LogP) is 8.18. The fraction of sp³-hybridized carbons (Fsp3) is 0.824. The number of hydrogen-bond acceptors (Lipinski definition) is 4. The van der Waals surface area contributed by atoms with Gasteiger partial charge in [-0.3, -0.25) is 9.59 Å². The summed E-state index contributed by atoms with van der Waals surface area (Å²) in [5, 5.41) is 19.8. The average molecular weight is 540 g/mol. The quantitative estimate of drug-likeness (QED) is 0.335. The van der Waals surface area contributed by atoms with E-state index < -0.39 is 16.8 Å². The fourth-order valence-electron chi connectivity index (χ4n) is 9.56. The Morgan fingerprint density at radius 1 is 1.10 bits per heavy atom. The molecule has 0 bridgehead atoms. The number of ketones is 2. The summed E-state index contributed by atoms with van der Waals surface area (Å²) in [5.41, 5.74) is -1.28. The lowest BCUT2D eigenvalue weighted by Gasteiger charge is -2.64. The summed E-state index contributed by atoms with van der Waals surface area (Å²) in [6.45, 7) is 21.6. The van der Waals surface area contributed by atoms with Crippen molar-refractivity contribution in [3.05, 3.63) is 11.6 Å². The van der Waals surface area contributed by atoms with Crippen LogP contribution in [0.4, 0.5) is 0 Å². The smallest absolute Gasteiger partial charge is 0.303 e. The molecule has 0 amide bonds. The highest BCUT2D eigenvalue weighted by atomic mass is 16.4. The molecule has 3 aliphatic rings. The molecule has 0 aliphatic heterocycles. The molecule has 0 spiro atoms. The van der Waals surface area contributed by atoms with Crippen molar-refractivity contribution < 1.29 is 19.5 Å². The highest BCUT2D eigenvalue weighted by Gasteiger charge is 2.63. The normalized spacial score (nSPS) is 37.8. The summed E-state index contributed by atoms with van der Waals surface area (Å²) < 4.78 is 0. The summed E-state index contributed by atoms with van der Waals surface area (Å²) in [7, 11) is 0. The summed E-state index contributed by atoms with van der Waals surface area (Å²) in [6, 6.07) is 2.18. The fourth-order valence-corrected chi connectivity index (χ4v) is 9.56. The number of carboxylic acid groups (broad SMARTS) is 1. The van der Waals surface area contributed by atoms with Crippen LogP contribution in [0.3, 0.4) is 0 Å². The van der Waals surface area contributed by atoms with Gasteiger partial charge in [-0.2, -0.15) is 5.26 Å². The second-order valence-electron chi connectivity index (χ2n) is 16.1. The monoisotopic (exact) mass is 539 g/mol. The number of carboxylic acids is 1. The van der Waals surface area contributed by atoms with Gasteiger partial charge in [0.25, 0.3) is 0 Å². The maximum Gasteiger partial charge on any atom is 0.303 e. The molecule has 5 heteroatoms. The van der Waals surface area contributed by atoms with Gasteiger partial charge in [0.2, 0.25) is 0 Å². The van der Waals surface area contributed by atoms with Gasteiger partial charge in [-0.15, -0.1) is 0 Å². The topological polar surface area (TPSA) is 95.2 Å². The molecule has 0 saturated heterocycles. The average Bonchev–Trinajstić information content (AvgIpc) is 2.79. The molecule has 0 radical (unpaired) electrons. The maximum absolute atomic E-state index is 13.2. The number of rotatable bonds is 8. The van der Waals surface area contributed by atoms with E-state index in [1.165, 1.54) is 0 Å². The standard InChI is InChI=1S/C34H53NO4/c1-22-18-29(3,4)13-15-34(22,20-27(37)38)16-14-30(5,6)33(10)12-11-25-31(7,8)28(39)24(21-35)19-32(25,9)26(33)17-23(2)36/h19,22,25-26H,11-18,20H2,1-10H3,(H,37,38)/t22?,25-,26+,32-,33+,34+/m0/s1. The van der Waals surface area contributed by atoms with Crippen LogP contribution in [0.2, 0.25) is 0 Å². The Hall–Kier alpha value is -1.96. The number of Topliss-reactive ketones (excluding diaryl/α,β-unsaturated/α-hetero) is 2. The van der Waals surface area contributed by atoms with Crippen molar-refractivity contribution in [3.63, 3.8) is 0 Å². The highest BCUT2D eigenvalue weighted by molar-refractivity contribution is 6.04. The molecule has 0 heterocycles. The molecular weight excluding hydrogens is 486 g/mol. The van der Waals surface area contributed by atoms with Gasteiger partial charge in [-0.1, -0.05) is 68.4 Å². The van der Waals surface area contributed by atoms with Gasteiger partial charge in [-0.25, -0.2) is 0 Å². The second-order valence-corrected chi connectivity index (χ2v) is 16.1. The number of carbonyl (C=O) groups excluding carboxylic acids is 2. The van der Waals surface area contributed by atoms with Gasteiger partial charge in [0.15, 0.2) is 5.78 Å². The lowest BCUT2D eigenvalue weighted by molar-refractivity contribution is -0.157. The number of carbonyl (C=O) groups is 3. The Morgan fingerprint density at radius 2 is 1.72 bits per heavy atom. The molecule has 1 unspecified atom stereocenters. The van der Waals surface area contributed by atoms with Gasteiger partial charge in [0.05, 0.1) is 12.0 Å². The molecular formula is C34H53NO4. The number of aliphatic carboxylic acids is 1. The lowest BCUT2D eigenvalue weighted by atomic mass is 9.39. The first-order chi connectivity index (χ1) is 17.7. The molecule has 3 rings (SSSR count). The summed E-state index contributed by atoms with van der Waals surface area (Å²) in [5.74, 6) is -0.297. The summed E-state index contributed by atoms with van der Waals surface area (Å²) in [6.07, 6.45) is 9.06. The maximum atomic E-state index is 13.2. The van der Waals surface area contributed by atoms with Crippen molar-refractivity contribution >= 4 is 17.5 Å². The summed E-state index contributed by atoms with van der Waals surface area (Å²) in [4.78, 5) is 38.1. The van der Waals surface area contributed by atoms with Crippen molar-refractivity contribution in [3.8, 4) is 6.07 Å². The van der Waals surface area contributed by atoms with Gasteiger partial charge < -0.3 is 9.90 Å². The first kappa shape index (κ1) is 31.6. The third-order valence-electron chi connectivity index (χ3n) is 12.5. The largest absolute Gasteiger partial charge is 0.481 e. The number of hydrogen-bond donors (Lipinski definition) is 1. The molecule has 0 aromatic carbocycles. The third-order valence-corrected chi connectivity index (χ3v) is 12.5. The van der Waals surface area contributed by atoms with Crippen LogP contribution >= 0.6 is 0 Å². The van der Waals surface area contributed by atoms with E-state index in [2.05, 4.69) is 54.5 Å². The zero-order valence-corrected chi connectivity index (χ0v) is 26.3. The Morgan fingerprint density at radius 3 is 2.23 bits per heavy atom. The molecule has 6 atom stereocenters. The van der Waals surface area contributed by atoms with Crippen LogP contribution in [0.1, 0.15) is 127 Å². The number of nitriles is 1. The van der Waals surface area contributed by atoms with Gasteiger partial charge in [-0.05, 0) is 96.7 Å². The second kappa shape index (κ2) is 10.1. The van der Waals surface area contributed by atoms with Gasteiger partial charge in [0, 0.05) is 11.8 Å². The molecule has 5 nitrogen and oxygen atoms in total. The van der Waals surface area contributed by atoms with Crippen LogP contribution in [0.25, 0.3) is 0 Å². The minimum Gasteiger partial charge on any atom is -0.481 e. The third kappa shape index (κ3) is 5.39. The molecule has 0 aromatic rings. The predicted molar refractivity (Wildman–Crippen MR) is 155 cm³/mol. The van der Waals surface area contributed by atoms with E-state index in [1.54, 1.807) is 6.92 Å². The number of fused-ring (bicyclic) bond motifs is 1. The molecule has 3 aliphatic carbocycles. The van der Waals surface area contributed by atoms with Gasteiger partial charge in [0.1, 0.15) is 11.9 Å². The number of allylic oxidation sites excluding steroid dienone is 2. The van der Waals surface area contributed by atoms with Crippen molar-refractivity contribution in [1.82, 2.24) is 0 Å². The van der Waals surface area contributed by atoms with Crippen LogP contribution in [0.5, 0.6) is 0 Å². The van der Waals surface area contributed by atoms with Crippen molar-refractivity contribution in [2.75, 3.05) is 0 Å². The van der Waals surface area contributed by atoms with E-state index in [1.807, 2.05) is 19.9 Å². The highest BCUT2D eigenvalue weighted by Crippen LogP contribution is 2.68. The van der Waals surface area contributed by atoms with Crippen molar-refractivity contribution in [2.24, 2.45) is 50.2 Å². The SMILES string of the molecule is CC(=O)C[C@@H]1[C@@]2(C)C=C(C#N)C(=O)C(C)(C)[C@@H]2CC[C@@]1(C)C(C)(C)CC[C@@]1(CC(=O)O)CCC(C)(C)CC1C.